The van der Waals surface area contributed by atoms with Gasteiger partial charge < -0.3 is 16.9 Å². The maximum atomic E-state index is 8.10. The fourth-order valence-electron chi connectivity index (χ4n) is 4.82. The summed E-state index contributed by atoms with van der Waals surface area (Å²) in [6.45, 7) is 6.24. The van der Waals surface area contributed by atoms with Gasteiger partial charge in [-0.15, -0.1) is 0 Å². The molecule has 0 spiro atoms. The van der Waals surface area contributed by atoms with Crippen LogP contribution in [0, 0.1) is 19.3 Å². The van der Waals surface area contributed by atoms with Crippen LogP contribution in [0.15, 0.2) is 48.5 Å². The fourth-order valence-corrected chi connectivity index (χ4v) is 4.82. The van der Waals surface area contributed by atoms with Crippen molar-refractivity contribution in [1.29, 1.82) is 5.41 Å². The van der Waals surface area contributed by atoms with E-state index in [4.69, 9.17) is 16.9 Å². The number of nitrogens with two attached hydrogens (primary N) is 2. The van der Waals surface area contributed by atoms with Gasteiger partial charge in [0.15, 0.2) is 0 Å². The molecule has 2 unspecified atom stereocenters. The summed E-state index contributed by atoms with van der Waals surface area (Å²) in [6.07, 6.45) is 1.37. The molecule has 2 aliphatic carbocycles. The molecule has 3 nitrogen and oxygen atoms in total. The zero-order valence-corrected chi connectivity index (χ0v) is 15.9. The second-order valence-corrected chi connectivity index (χ2v) is 8.26. The Morgan fingerprint density at radius 1 is 0.704 bits per heavy atom. The molecule has 0 heterocycles. The summed E-state index contributed by atoms with van der Waals surface area (Å²) < 4.78 is 0. The lowest BCUT2D eigenvalue weighted by Gasteiger charge is -2.24. The molecule has 0 radical (unpaired) electrons. The van der Waals surface area contributed by atoms with E-state index in [1.807, 2.05) is 0 Å². The van der Waals surface area contributed by atoms with Gasteiger partial charge in [-0.2, -0.15) is 0 Å². The summed E-state index contributed by atoms with van der Waals surface area (Å²) in [6, 6.07) is 17.2. The molecule has 3 aromatic rings. The van der Waals surface area contributed by atoms with Crippen LogP contribution in [0.2, 0.25) is 0 Å². The fraction of sp³-hybridized carbons (Fsp3) is 0.208. The van der Waals surface area contributed by atoms with Gasteiger partial charge in [-0.25, -0.2) is 0 Å². The van der Waals surface area contributed by atoms with Gasteiger partial charge in [-0.1, -0.05) is 47.5 Å². The lowest BCUT2D eigenvalue weighted by molar-refractivity contribution is 0.620. The second-order valence-electron chi connectivity index (χ2n) is 8.26. The topological polar surface area (TPSA) is 75.9 Å². The predicted octanol–water partition coefficient (Wildman–Crippen LogP) is 4.34. The van der Waals surface area contributed by atoms with E-state index in [0.29, 0.717) is 0 Å². The van der Waals surface area contributed by atoms with E-state index in [2.05, 4.69) is 69.3 Å². The van der Waals surface area contributed by atoms with E-state index in [0.717, 1.165) is 44.5 Å². The molecule has 2 atom stereocenters. The number of hydrogen-bond acceptors (Lipinski definition) is 3. The number of nitrogens with one attached hydrogen (secondary N) is 1. The third kappa shape index (κ3) is 1.90. The predicted molar refractivity (Wildman–Crippen MR) is 111 cm³/mol. The van der Waals surface area contributed by atoms with Crippen molar-refractivity contribution in [2.24, 2.45) is 11.5 Å². The average Bonchev–Trinajstić information content (AvgIpc) is 3.01. The van der Waals surface area contributed by atoms with E-state index >= 15 is 0 Å². The van der Waals surface area contributed by atoms with Crippen LogP contribution in [0.3, 0.4) is 0 Å². The number of hydrogen-bond donors (Lipinski definition) is 3. The van der Waals surface area contributed by atoms with Crippen LogP contribution >= 0.6 is 0 Å². The third-order valence-corrected chi connectivity index (χ3v) is 6.33. The van der Waals surface area contributed by atoms with Crippen LogP contribution in [0.25, 0.3) is 22.3 Å². The van der Waals surface area contributed by atoms with Crippen molar-refractivity contribution in [2.75, 3.05) is 0 Å². The summed E-state index contributed by atoms with van der Waals surface area (Å²) in [5.74, 6) is 0. The van der Waals surface area contributed by atoms with E-state index in [1.165, 1.54) is 17.3 Å². The van der Waals surface area contributed by atoms with Crippen molar-refractivity contribution in [3.05, 3.63) is 81.9 Å². The van der Waals surface area contributed by atoms with Crippen molar-refractivity contribution < 1.29 is 0 Å². The van der Waals surface area contributed by atoms with Crippen LogP contribution in [0.4, 0.5) is 0 Å². The SMILES string of the molecule is Cc1ccc2c(c1)C(C)(N)c1cc3c(cc1-2)C(N)(C=N)c1cc(C)ccc1-3. The molecule has 3 aromatic carbocycles. The smallest absolute Gasteiger partial charge is 0.103 e. The Bertz CT molecular complexity index is 1160. The molecular formula is C24H23N3. The van der Waals surface area contributed by atoms with Crippen LogP contribution < -0.4 is 11.5 Å². The number of aryl methyl sites for hydroxylation is 2. The molecule has 3 heteroatoms. The van der Waals surface area contributed by atoms with Gasteiger partial charge in [0.25, 0.3) is 0 Å². The third-order valence-electron chi connectivity index (χ3n) is 6.33. The van der Waals surface area contributed by atoms with Gasteiger partial charge in [0, 0.05) is 6.21 Å². The first-order chi connectivity index (χ1) is 12.8. The highest BCUT2D eigenvalue weighted by molar-refractivity contribution is 5.95. The van der Waals surface area contributed by atoms with Gasteiger partial charge in [0.05, 0.1) is 5.54 Å². The summed E-state index contributed by atoms with van der Waals surface area (Å²) in [5.41, 5.74) is 23.3. The summed E-state index contributed by atoms with van der Waals surface area (Å²) in [5, 5.41) is 8.10. The standard InChI is InChI=1S/C24H23N3/c1-13-4-6-15-17-11-22-18(10-20(17)23(3,26)19(15)8-13)16-7-5-14(2)9-21(16)24(22,27)12-25/h4-12,25H,26-27H2,1-3H3. The average molecular weight is 353 g/mol. The van der Waals surface area contributed by atoms with Crippen molar-refractivity contribution >= 4 is 6.21 Å². The minimum atomic E-state index is -0.899. The molecule has 134 valence electrons. The molecule has 0 aromatic heterocycles. The molecule has 0 saturated heterocycles. The number of fused-ring (bicyclic) bond motifs is 6. The van der Waals surface area contributed by atoms with Crippen LogP contribution in [-0.2, 0) is 11.1 Å². The Hall–Kier alpha value is -2.75. The highest BCUT2D eigenvalue weighted by Gasteiger charge is 2.43. The second kappa shape index (κ2) is 4.94. The summed E-state index contributed by atoms with van der Waals surface area (Å²) in [7, 11) is 0. The van der Waals surface area contributed by atoms with E-state index in [1.54, 1.807) is 0 Å². The highest BCUT2D eigenvalue weighted by Crippen LogP contribution is 2.53. The first-order valence-corrected chi connectivity index (χ1v) is 9.29. The van der Waals surface area contributed by atoms with Crippen molar-refractivity contribution in [1.82, 2.24) is 0 Å². The maximum Gasteiger partial charge on any atom is 0.103 e. The zero-order chi connectivity index (χ0) is 19.1. The minimum absolute atomic E-state index is 0.541. The van der Waals surface area contributed by atoms with Gasteiger partial charge in [0.1, 0.15) is 5.54 Å². The number of benzene rings is 3. The lowest BCUT2D eigenvalue weighted by Crippen LogP contribution is -2.37. The van der Waals surface area contributed by atoms with Crippen molar-refractivity contribution in [2.45, 2.75) is 31.8 Å². The van der Waals surface area contributed by atoms with Gasteiger partial charge in [-0.3, -0.25) is 0 Å². The highest BCUT2D eigenvalue weighted by atomic mass is 14.8. The van der Waals surface area contributed by atoms with Crippen molar-refractivity contribution in [3.8, 4) is 22.3 Å². The first kappa shape index (κ1) is 16.4. The minimum Gasteiger partial charge on any atom is -0.318 e. The van der Waals surface area contributed by atoms with E-state index < -0.39 is 11.1 Å². The van der Waals surface area contributed by atoms with Gasteiger partial charge in [0.2, 0.25) is 0 Å². The summed E-state index contributed by atoms with van der Waals surface area (Å²) >= 11 is 0. The quantitative estimate of drug-likeness (QED) is 0.569. The first-order valence-electron chi connectivity index (χ1n) is 9.29. The molecule has 5 N–H and O–H groups in total. The molecular weight excluding hydrogens is 330 g/mol. The monoisotopic (exact) mass is 353 g/mol. The molecule has 0 amide bonds. The van der Waals surface area contributed by atoms with E-state index in [-0.39, 0.29) is 0 Å². The largest absolute Gasteiger partial charge is 0.318 e. The molecule has 2 aliphatic rings. The van der Waals surface area contributed by atoms with Crippen LogP contribution in [-0.4, -0.2) is 6.21 Å². The molecule has 27 heavy (non-hydrogen) atoms. The Morgan fingerprint density at radius 2 is 1.15 bits per heavy atom. The Balaban J connectivity index is 1.86. The van der Waals surface area contributed by atoms with Gasteiger partial charge >= 0.3 is 0 Å². The molecule has 0 fully saturated rings. The van der Waals surface area contributed by atoms with Crippen LogP contribution in [0.1, 0.15) is 40.3 Å². The lowest BCUT2D eigenvalue weighted by atomic mass is 9.86. The molecule has 0 saturated carbocycles. The van der Waals surface area contributed by atoms with Crippen molar-refractivity contribution in [3.63, 3.8) is 0 Å². The Labute approximate surface area is 159 Å². The molecule has 0 bridgehead atoms. The molecule has 0 aliphatic heterocycles. The van der Waals surface area contributed by atoms with Crippen LogP contribution in [0.5, 0.6) is 0 Å². The maximum absolute atomic E-state index is 8.10. The Kier molecular flexibility index (Phi) is 3.01. The summed E-state index contributed by atoms with van der Waals surface area (Å²) in [4.78, 5) is 0. The Morgan fingerprint density at radius 3 is 1.78 bits per heavy atom. The van der Waals surface area contributed by atoms with E-state index in [9.17, 15) is 0 Å². The molecule has 5 rings (SSSR count). The zero-order valence-electron chi connectivity index (χ0n) is 15.9. The van der Waals surface area contributed by atoms with Gasteiger partial charge in [-0.05, 0) is 77.4 Å². The normalized spacial score (nSPS) is 24.2. The number of rotatable bonds is 1.